The number of nitrogens with zero attached hydrogens (tertiary/aromatic N) is 5. The van der Waals surface area contributed by atoms with Crippen molar-refractivity contribution in [2.24, 2.45) is 5.92 Å². The Bertz CT molecular complexity index is 451. The number of aromatic nitrogens is 3. The second-order valence-electron chi connectivity index (χ2n) is 5.55. The fraction of sp³-hybridized carbons (Fsp3) is 0.786. The minimum atomic E-state index is 0.246. The van der Waals surface area contributed by atoms with Gasteiger partial charge in [-0.05, 0) is 57.8 Å². The maximum absolute atomic E-state index is 6.02. The summed E-state index contributed by atoms with van der Waals surface area (Å²) < 4.78 is 0. The lowest BCUT2D eigenvalue weighted by Gasteiger charge is -2.29. The SMILES string of the molecule is CCN(CC)c1nc(Cl)nc(NCC2CCCN(C)C2)n1. The van der Waals surface area contributed by atoms with E-state index in [9.17, 15) is 0 Å². The Balaban J connectivity index is 1.99. The Kier molecular flexibility index (Phi) is 5.99. The number of piperidine rings is 1. The third kappa shape index (κ3) is 4.68. The van der Waals surface area contributed by atoms with Crippen molar-refractivity contribution in [2.75, 3.05) is 50.0 Å². The minimum absolute atomic E-state index is 0.246. The van der Waals surface area contributed by atoms with Gasteiger partial charge in [-0.15, -0.1) is 0 Å². The number of nitrogens with one attached hydrogen (secondary N) is 1. The summed E-state index contributed by atoms with van der Waals surface area (Å²) in [5, 5.41) is 3.56. The number of likely N-dealkylation sites (tertiary alicyclic amines) is 1. The largest absolute Gasteiger partial charge is 0.354 e. The van der Waals surface area contributed by atoms with E-state index in [2.05, 4.69) is 51.0 Å². The van der Waals surface area contributed by atoms with E-state index in [1.54, 1.807) is 0 Å². The zero-order chi connectivity index (χ0) is 15.2. The Morgan fingerprint density at radius 1 is 1.29 bits per heavy atom. The van der Waals surface area contributed by atoms with Crippen LogP contribution in [-0.2, 0) is 0 Å². The lowest BCUT2D eigenvalue weighted by atomic mass is 9.99. The van der Waals surface area contributed by atoms with Crippen LogP contribution in [0.4, 0.5) is 11.9 Å². The second kappa shape index (κ2) is 7.75. The van der Waals surface area contributed by atoms with Gasteiger partial charge in [0, 0.05) is 26.2 Å². The van der Waals surface area contributed by atoms with Gasteiger partial charge in [-0.2, -0.15) is 15.0 Å². The summed E-state index contributed by atoms with van der Waals surface area (Å²) in [6.45, 7) is 9.04. The average molecular weight is 313 g/mol. The second-order valence-corrected chi connectivity index (χ2v) is 5.89. The van der Waals surface area contributed by atoms with Crippen molar-refractivity contribution in [2.45, 2.75) is 26.7 Å². The summed E-state index contributed by atoms with van der Waals surface area (Å²) in [4.78, 5) is 17.3. The van der Waals surface area contributed by atoms with Gasteiger partial charge in [0.2, 0.25) is 17.2 Å². The molecule has 0 saturated carbocycles. The molecule has 1 saturated heterocycles. The maximum atomic E-state index is 6.02. The molecule has 1 aliphatic heterocycles. The smallest absolute Gasteiger partial charge is 0.231 e. The molecule has 21 heavy (non-hydrogen) atoms. The van der Waals surface area contributed by atoms with Crippen molar-refractivity contribution in [3.05, 3.63) is 5.28 Å². The maximum Gasteiger partial charge on any atom is 0.231 e. The van der Waals surface area contributed by atoms with Gasteiger partial charge in [0.25, 0.3) is 0 Å². The van der Waals surface area contributed by atoms with Crippen LogP contribution in [0.15, 0.2) is 0 Å². The van der Waals surface area contributed by atoms with Crippen LogP contribution >= 0.6 is 11.6 Å². The molecule has 2 rings (SSSR count). The highest BCUT2D eigenvalue weighted by molar-refractivity contribution is 6.28. The van der Waals surface area contributed by atoms with Gasteiger partial charge in [0.15, 0.2) is 0 Å². The summed E-state index contributed by atoms with van der Waals surface area (Å²) in [5.41, 5.74) is 0. The monoisotopic (exact) mass is 312 g/mol. The lowest BCUT2D eigenvalue weighted by molar-refractivity contribution is 0.217. The molecule has 2 heterocycles. The standard InChI is InChI=1S/C14H25ClN6/c1-4-21(5-2)14-18-12(15)17-13(19-14)16-9-11-7-6-8-20(3)10-11/h11H,4-10H2,1-3H3,(H,16,17,18,19). The van der Waals surface area contributed by atoms with Gasteiger partial charge in [-0.3, -0.25) is 0 Å². The van der Waals surface area contributed by atoms with Crippen LogP contribution < -0.4 is 10.2 Å². The predicted octanol–water partition coefficient (Wildman–Crippen LogP) is 2.12. The first kappa shape index (κ1) is 16.2. The summed E-state index contributed by atoms with van der Waals surface area (Å²) >= 11 is 6.02. The Labute approximate surface area is 131 Å². The van der Waals surface area contributed by atoms with Crippen LogP contribution in [0.25, 0.3) is 0 Å². The molecule has 0 aliphatic carbocycles. The van der Waals surface area contributed by atoms with E-state index in [1.165, 1.54) is 19.4 Å². The summed E-state index contributed by atoms with van der Waals surface area (Å²) in [6.07, 6.45) is 2.50. The van der Waals surface area contributed by atoms with E-state index in [-0.39, 0.29) is 5.28 Å². The Hall–Kier alpha value is -1.14. The van der Waals surface area contributed by atoms with Gasteiger partial charge in [-0.1, -0.05) is 0 Å². The van der Waals surface area contributed by atoms with Crippen LogP contribution in [0.5, 0.6) is 0 Å². The molecule has 0 aromatic carbocycles. The highest BCUT2D eigenvalue weighted by Crippen LogP contribution is 2.17. The number of halogens is 1. The van der Waals surface area contributed by atoms with Gasteiger partial charge in [-0.25, -0.2) is 0 Å². The Morgan fingerprint density at radius 3 is 2.71 bits per heavy atom. The van der Waals surface area contributed by atoms with Crippen LogP contribution in [0.3, 0.4) is 0 Å². The molecule has 1 aromatic rings. The van der Waals surface area contributed by atoms with Gasteiger partial charge >= 0.3 is 0 Å². The van der Waals surface area contributed by atoms with Crippen LogP contribution in [0.1, 0.15) is 26.7 Å². The average Bonchev–Trinajstić information content (AvgIpc) is 2.46. The molecule has 7 heteroatoms. The quantitative estimate of drug-likeness (QED) is 0.868. The molecule has 1 atom stereocenters. The summed E-state index contributed by atoms with van der Waals surface area (Å²) in [7, 11) is 2.17. The number of hydrogen-bond acceptors (Lipinski definition) is 6. The summed E-state index contributed by atoms with van der Waals surface area (Å²) in [5.74, 6) is 1.85. The molecule has 1 unspecified atom stereocenters. The fourth-order valence-corrected chi connectivity index (χ4v) is 2.90. The molecular weight excluding hydrogens is 288 g/mol. The van der Waals surface area contributed by atoms with Crippen molar-refractivity contribution < 1.29 is 0 Å². The first-order valence-corrected chi connectivity index (χ1v) is 8.09. The van der Waals surface area contributed by atoms with E-state index in [1.807, 2.05) is 0 Å². The van der Waals surface area contributed by atoms with Crippen molar-refractivity contribution in [1.29, 1.82) is 0 Å². The first-order chi connectivity index (χ1) is 10.1. The van der Waals surface area contributed by atoms with E-state index in [0.717, 1.165) is 26.2 Å². The van der Waals surface area contributed by atoms with E-state index in [0.29, 0.717) is 17.8 Å². The molecule has 6 nitrogen and oxygen atoms in total. The third-order valence-electron chi connectivity index (χ3n) is 3.91. The minimum Gasteiger partial charge on any atom is -0.354 e. The predicted molar refractivity (Wildman–Crippen MR) is 87.1 cm³/mol. The molecular formula is C14H25ClN6. The molecule has 1 aliphatic rings. The highest BCUT2D eigenvalue weighted by Gasteiger charge is 2.17. The molecule has 0 radical (unpaired) electrons. The van der Waals surface area contributed by atoms with E-state index in [4.69, 9.17) is 11.6 Å². The number of anilines is 2. The van der Waals surface area contributed by atoms with E-state index >= 15 is 0 Å². The number of rotatable bonds is 6. The third-order valence-corrected chi connectivity index (χ3v) is 4.08. The van der Waals surface area contributed by atoms with Crippen LogP contribution in [0.2, 0.25) is 5.28 Å². The molecule has 0 bridgehead atoms. The van der Waals surface area contributed by atoms with Gasteiger partial charge < -0.3 is 15.1 Å². The van der Waals surface area contributed by atoms with E-state index < -0.39 is 0 Å². The van der Waals surface area contributed by atoms with Crippen LogP contribution in [-0.4, -0.2) is 59.6 Å². The van der Waals surface area contributed by atoms with Crippen molar-refractivity contribution in [3.8, 4) is 0 Å². The summed E-state index contributed by atoms with van der Waals surface area (Å²) in [6, 6.07) is 0. The molecule has 1 fully saturated rings. The first-order valence-electron chi connectivity index (χ1n) is 7.71. The molecule has 0 amide bonds. The lowest BCUT2D eigenvalue weighted by Crippen LogP contribution is -2.35. The molecule has 0 spiro atoms. The molecule has 1 aromatic heterocycles. The highest BCUT2D eigenvalue weighted by atomic mass is 35.5. The normalized spacial score (nSPS) is 19.5. The molecule has 118 valence electrons. The zero-order valence-electron chi connectivity index (χ0n) is 13.1. The zero-order valence-corrected chi connectivity index (χ0v) is 13.9. The van der Waals surface area contributed by atoms with Crippen molar-refractivity contribution in [1.82, 2.24) is 19.9 Å². The van der Waals surface area contributed by atoms with Gasteiger partial charge in [0.1, 0.15) is 0 Å². The van der Waals surface area contributed by atoms with Crippen LogP contribution in [0, 0.1) is 5.92 Å². The van der Waals surface area contributed by atoms with Crippen molar-refractivity contribution >= 4 is 23.5 Å². The fourth-order valence-electron chi connectivity index (χ4n) is 2.74. The van der Waals surface area contributed by atoms with Gasteiger partial charge in [0.05, 0.1) is 0 Å². The number of hydrogen-bond donors (Lipinski definition) is 1. The van der Waals surface area contributed by atoms with Crippen molar-refractivity contribution in [3.63, 3.8) is 0 Å². The Morgan fingerprint density at radius 2 is 2.05 bits per heavy atom. The topological polar surface area (TPSA) is 57.2 Å². The molecule has 1 N–H and O–H groups in total.